The summed E-state index contributed by atoms with van der Waals surface area (Å²) in [4.78, 5) is 16.5. The Morgan fingerprint density at radius 3 is 2.45 bits per heavy atom. The van der Waals surface area contributed by atoms with E-state index >= 15 is 0 Å². The molecule has 10 heteroatoms. The van der Waals surface area contributed by atoms with E-state index in [-0.39, 0.29) is 18.3 Å². The van der Waals surface area contributed by atoms with Crippen LogP contribution in [-0.4, -0.2) is 80.1 Å². The van der Waals surface area contributed by atoms with Crippen LogP contribution in [0.4, 0.5) is 10.5 Å². The third-order valence-corrected chi connectivity index (χ3v) is 8.01. The summed E-state index contributed by atoms with van der Waals surface area (Å²) in [5.41, 5.74) is 0.523. The topological polar surface area (TPSA) is 73.0 Å². The van der Waals surface area contributed by atoms with Crippen molar-refractivity contribution in [1.29, 1.82) is 0 Å². The summed E-state index contributed by atoms with van der Waals surface area (Å²) >= 11 is 11.9. The van der Waals surface area contributed by atoms with E-state index < -0.39 is 10.0 Å². The lowest BCUT2D eigenvalue weighted by Crippen LogP contribution is -2.39. The van der Waals surface area contributed by atoms with E-state index in [4.69, 9.17) is 23.2 Å². The molecule has 0 aliphatic carbocycles. The molecule has 0 atom stereocenters. The van der Waals surface area contributed by atoms with Gasteiger partial charge in [0.05, 0.1) is 15.8 Å². The van der Waals surface area contributed by atoms with Crippen LogP contribution in [0, 0.1) is 0 Å². The number of urea groups is 1. The summed E-state index contributed by atoms with van der Waals surface area (Å²) in [6.07, 6.45) is 4.56. The number of carbonyl (C=O) groups is 1. The quantitative estimate of drug-likeness (QED) is 0.727. The van der Waals surface area contributed by atoms with Gasteiger partial charge in [0, 0.05) is 31.9 Å². The predicted octanol–water partition coefficient (Wildman–Crippen LogP) is 3.35. The number of nitrogens with zero attached hydrogens (tertiary/aromatic N) is 3. The standard InChI is InChI=1S/C19H28Cl2N4O3S/c20-17-6-5-16(15-18(17)21)22-19(26)24-11-12-25(29(27,28)14-13-24)10-4-9-23-7-2-1-3-8-23/h5-6,15H,1-4,7-14H2,(H,22,26). The molecule has 2 heterocycles. The minimum atomic E-state index is -3.36. The zero-order chi connectivity index (χ0) is 20.9. The maximum Gasteiger partial charge on any atom is 0.321 e. The lowest BCUT2D eigenvalue weighted by molar-refractivity contribution is 0.209. The first kappa shape index (κ1) is 22.6. The second kappa shape index (κ2) is 10.3. The van der Waals surface area contributed by atoms with Crippen molar-refractivity contribution in [2.75, 3.05) is 56.9 Å². The smallest absolute Gasteiger partial charge is 0.321 e. The molecule has 0 bridgehead atoms. The van der Waals surface area contributed by atoms with Gasteiger partial charge in [0.1, 0.15) is 0 Å². The van der Waals surface area contributed by atoms with Crippen LogP contribution in [0.1, 0.15) is 25.7 Å². The van der Waals surface area contributed by atoms with E-state index in [0.717, 1.165) is 26.1 Å². The molecular formula is C19H28Cl2N4O3S. The Hall–Kier alpha value is -1.06. The van der Waals surface area contributed by atoms with Crippen molar-refractivity contribution < 1.29 is 13.2 Å². The van der Waals surface area contributed by atoms with Crippen LogP contribution < -0.4 is 5.32 Å². The Morgan fingerprint density at radius 2 is 1.72 bits per heavy atom. The summed E-state index contributed by atoms with van der Waals surface area (Å²) in [7, 11) is -3.36. The molecule has 0 spiro atoms. The van der Waals surface area contributed by atoms with Crippen molar-refractivity contribution in [2.24, 2.45) is 0 Å². The van der Waals surface area contributed by atoms with Crippen molar-refractivity contribution in [3.63, 3.8) is 0 Å². The van der Waals surface area contributed by atoms with E-state index in [1.54, 1.807) is 18.2 Å². The van der Waals surface area contributed by atoms with Gasteiger partial charge in [0.15, 0.2) is 0 Å². The van der Waals surface area contributed by atoms with E-state index in [1.165, 1.54) is 28.5 Å². The average Bonchev–Trinajstić information content (AvgIpc) is 2.84. The number of sulfonamides is 1. The fourth-order valence-corrected chi connectivity index (χ4v) is 5.50. The number of likely N-dealkylation sites (tertiary alicyclic amines) is 1. The molecule has 162 valence electrons. The van der Waals surface area contributed by atoms with Crippen LogP contribution in [0.25, 0.3) is 0 Å². The molecule has 1 aromatic carbocycles. The summed E-state index contributed by atoms with van der Waals surface area (Å²) in [6, 6.07) is 4.50. The van der Waals surface area contributed by atoms with Gasteiger partial charge in [-0.25, -0.2) is 17.5 Å². The molecule has 2 aliphatic rings. The summed E-state index contributed by atoms with van der Waals surface area (Å²) in [5, 5.41) is 3.52. The highest BCUT2D eigenvalue weighted by molar-refractivity contribution is 7.89. The molecule has 3 rings (SSSR count). The molecule has 29 heavy (non-hydrogen) atoms. The van der Waals surface area contributed by atoms with Crippen molar-refractivity contribution in [2.45, 2.75) is 25.7 Å². The Morgan fingerprint density at radius 1 is 0.966 bits per heavy atom. The Balaban J connectivity index is 1.52. The van der Waals surface area contributed by atoms with Crippen LogP contribution in [0.3, 0.4) is 0 Å². The number of amides is 2. The van der Waals surface area contributed by atoms with Crippen molar-refractivity contribution in [3.05, 3.63) is 28.2 Å². The SMILES string of the molecule is O=C(Nc1ccc(Cl)c(Cl)c1)N1CCN(CCCN2CCCCC2)S(=O)(=O)CC1. The Labute approximate surface area is 183 Å². The summed E-state index contributed by atoms with van der Waals surface area (Å²) in [6.45, 7) is 4.48. The molecule has 2 aliphatic heterocycles. The van der Waals surface area contributed by atoms with Gasteiger partial charge < -0.3 is 15.1 Å². The maximum atomic E-state index is 12.6. The molecule has 2 fully saturated rings. The molecule has 0 unspecified atom stereocenters. The fourth-order valence-electron chi connectivity index (χ4n) is 3.72. The van der Waals surface area contributed by atoms with Gasteiger partial charge in [-0.2, -0.15) is 0 Å². The number of carbonyl (C=O) groups excluding carboxylic acids is 1. The van der Waals surface area contributed by atoms with Gasteiger partial charge in [0.25, 0.3) is 0 Å². The Kier molecular flexibility index (Phi) is 8.04. The third kappa shape index (κ3) is 6.46. The van der Waals surface area contributed by atoms with E-state index in [9.17, 15) is 13.2 Å². The lowest BCUT2D eigenvalue weighted by atomic mass is 10.1. The van der Waals surface area contributed by atoms with Gasteiger partial charge in [0.2, 0.25) is 10.0 Å². The second-order valence-electron chi connectivity index (χ2n) is 7.52. The minimum Gasteiger partial charge on any atom is -0.322 e. The largest absolute Gasteiger partial charge is 0.322 e. The van der Waals surface area contributed by atoms with Crippen molar-refractivity contribution >= 4 is 44.9 Å². The number of benzene rings is 1. The second-order valence-corrected chi connectivity index (χ2v) is 10.4. The maximum absolute atomic E-state index is 12.6. The van der Waals surface area contributed by atoms with Crippen LogP contribution in [0.15, 0.2) is 18.2 Å². The molecule has 7 nitrogen and oxygen atoms in total. The van der Waals surface area contributed by atoms with E-state index in [1.807, 2.05) is 0 Å². The number of hydrogen-bond acceptors (Lipinski definition) is 4. The van der Waals surface area contributed by atoms with Crippen molar-refractivity contribution in [3.8, 4) is 0 Å². The van der Waals surface area contributed by atoms with Gasteiger partial charge in [-0.15, -0.1) is 0 Å². The highest BCUT2D eigenvalue weighted by atomic mass is 35.5. The highest BCUT2D eigenvalue weighted by Crippen LogP contribution is 2.25. The first-order chi connectivity index (χ1) is 13.8. The number of anilines is 1. The molecular weight excluding hydrogens is 435 g/mol. The monoisotopic (exact) mass is 462 g/mol. The number of nitrogens with one attached hydrogen (secondary N) is 1. The third-order valence-electron chi connectivity index (χ3n) is 5.42. The molecule has 0 aromatic heterocycles. The van der Waals surface area contributed by atoms with Crippen LogP contribution in [0.2, 0.25) is 10.0 Å². The molecule has 0 radical (unpaired) electrons. The van der Waals surface area contributed by atoms with Crippen LogP contribution in [-0.2, 0) is 10.0 Å². The summed E-state index contributed by atoms with van der Waals surface area (Å²) in [5.74, 6) is -0.0640. The van der Waals surface area contributed by atoms with Gasteiger partial charge in [-0.3, -0.25) is 0 Å². The number of halogens is 2. The predicted molar refractivity (Wildman–Crippen MR) is 117 cm³/mol. The highest BCUT2D eigenvalue weighted by Gasteiger charge is 2.29. The van der Waals surface area contributed by atoms with Gasteiger partial charge in [-0.1, -0.05) is 29.6 Å². The fraction of sp³-hybridized carbons (Fsp3) is 0.632. The zero-order valence-electron chi connectivity index (χ0n) is 16.4. The van der Waals surface area contributed by atoms with E-state index in [2.05, 4.69) is 10.2 Å². The van der Waals surface area contributed by atoms with E-state index in [0.29, 0.717) is 35.4 Å². The lowest BCUT2D eigenvalue weighted by Gasteiger charge is -2.27. The number of hydrogen-bond donors (Lipinski definition) is 1. The number of rotatable bonds is 5. The van der Waals surface area contributed by atoms with Crippen LogP contribution >= 0.6 is 23.2 Å². The normalized spacial score (nSPS) is 21.0. The Bertz CT molecular complexity index is 816. The van der Waals surface area contributed by atoms with Gasteiger partial charge in [-0.05, 0) is 57.1 Å². The van der Waals surface area contributed by atoms with Crippen LogP contribution in [0.5, 0.6) is 0 Å². The number of piperidine rings is 1. The first-order valence-corrected chi connectivity index (χ1v) is 12.4. The zero-order valence-corrected chi connectivity index (χ0v) is 18.8. The average molecular weight is 463 g/mol. The first-order valence-electron chi connectivity index (χ1n) is 10.1. The van der Waals surface area contributed by atoms with Gasteiger partial charge >= 0.3 is 6.03 Å². The molecule has 2 amide bonds. The summed E-state index contributed by atoms with van der Waals surface area (Å²) < 4.78 is 26.8. The molecule has 1 aromatic rings. The van der Waals surface area contributed by atoms with Crippen molar-refractivity contribution in [1.82, 2.24) is 14.1 Å². The molecule has 1 N–H and O–H groups in total. The molecule has 2 saturated heterocycles. The minimum absolute atomic E-state index is 0.0640. The molecule has 0 saturated carbocycles.